The largest absolute Gasteiger partial charge is 0.352 e. The number of rotatable bonds is 6. The van der Waals surface area contributed by atoms with Gasteiger partial charge in [-0.05, 0) is 19.8 Å². The van der Waals surface area contributed by atoms with E-state index in [0.717, 1.165) is 24.2 Å². The van der Waals surface area contributed by atoms with Crippen LogP contribution in [0.1, 0.15) is 44.0 Å². The van der Waals surface area contributed by atoms with Crippen LogP contribution < -0.4 is 21.5 Å². The zero-order valence-electron chi connectivity index (χ0n) is 13.1. The molecule has 0 unspecified atom stereocenters. The third-order valence-corrected chi connectivity index (χ3v) is 3.48. The van der Waals surface area contributed by atoms with Crippen LogP contribution >= 0.6 is 0 Å². The van der Waals surface area contributed by atoms with Gasteiger partial charge in [0.25, 0.3) is 0 Å². The lowest BCUT2D eigenvalue weighted by Gasteiger charge is -2.22. The Balaban J connectivity index is 2.19. The van der Waals surface area contributed by atoms with E-state index in [1.165, 1.54) is 0 Å². The van der Waals surface area contributed by atoms with Crippen LogP contribution in [0.5, 0.6) is 0 Å². The fraction of sp³-hybridized carbons (Fsp3) is 0.643. The second kappa shape index (κ2) is 6.26. The van der Waals surface area contributed by atoms with E-state index in [2.05, 4.69) is 20.7 Å². The molecule has 116 valence electrons. The van der Waals surface area contributed by atoms with Gasteiger partial charge in [0.2, 0.25) is 5.91 Å². The molecule has 0 atom stereocenters. The predicted molar refractivity (Wildman–Crippen MR) is 83.1 cm³/mol. The molecule has 1 aliphatic rings. The maximum Gasteiger partial charge on any atom is 0.239 e. The average Bonchev–Trinajstić information content (AvgIpc) is 3.22. The first-order valence-corrected chi connectivity index (χ1v) is 7.28. The molecule has 21 heavy (non-hydrogen) atoms. The van der Waals surface area contributed by atoms with Crippen molar-refractivity contribution in [2.45, 2.75) is 45.6 Å². The third-order valence-electron chi connectivity index (χ3n) is 3.48. The molecule has 1 aromatic heterocycles. The molecule has 1 fully saturated rings. The molecule has 0 spiro atoms. The normalized spacial score (nSPS) is 14.2. The zero-order valence-corrected chi connectivity index (χ0v) is 13.1. The SMILES string of the molecule is Cc1c(NN)nc(C(C)C)nc1N(C)CC(=O)NC1CC1. The van der Waals surface area contributed by atoms with Crippen molar-refractivity contribution >= 4 is 17.5 Å². The molecule has 0 aromatic carbocycles. The molecule has 1 amide bonds. The van der Waals surface area contributed by atoms with Gasteiger partial charge in [-0.3, -0.25) is 4.79 Å². The smallest absolute Gasteiger partial charge is 0.239 e. The van der Waals surface area contributed by atoms with Crippen molar-refractivity contribution in [3.63, 3.8) is 0 Å². The summed E-state index contributed by atoms with van der Waals surface area (Å²) in [5, 5.41) is 2.98. The molecule has 2 rings (SSSR count). The Morgan fingerprint density at radius 1 is 1.43 bits per heavy atom. The highest BCUT2D eigenvalue weighted by Crippen LogP contribution is 2.25. The van der Waals surface area contributed by atoms with E-state index in [1.807, 2.05) is 32.7 Å². The maximum atomic E-state index is 11.9. The average molecular weight is 292 g/mol. The fourth-order valence-electron chi connectivity index (χ4n) is 2.08. The standard InChI is InChI=1S/C14H24N6O/c1-8(2)12-17-13(19-15)9(3)14(18-12)20(4)7-11(21)16-10-5-6-10/h8,10H,5-7,15H2,1-4H3,(H,16,21)(H,17,18,19). The van der Waals surface area contributed by atoms with Crippen LogP contribution in [0.15, 0.2) is 0 Å². The minimum Gasteiger partial charge on any atom is -0.352 e. The van der Waals surface area contributed by atoms with Gasteiger partial charge in [-0.2, -0.15) is 0 Å². The second-order valence-corrected chi connectivity index (χ2v) is 5.88. The Labute approximate surface area is 125 Å². The third kappa shape index (κ3) is 3.81. The predicted octanol–water partition coefficient (Wildman–Crippen LogP) is 0.909. The molecule has 0 radical (unpaired) electrons. The number of aromatic nitrogens is 2. The molecule has 7 nitrogen and oxygen atoms in total. The molecule has 4 N–H and O–H groups in total. The molecule has 7 heteroatoms. The van der Waals surface area contributed by atoms with Crippen LogP contribution in [0, 0.1) is 6.92 Å². The monoisotopic (exact) mass is 292 g/mol. The van der Waals surface area contributed by atoms with Gasteiger partial charge < -0.3 is 15.6 Å². The lowest BCUT2D eigenvalue weighted by molar-refractivity contribution is -0.119. The molecule has 0 saturated heterocycles. The number of hydrogen-bond donors (Lipinski definition) is 3. The van der Waals surface area contributed by atoms with Gasteiger partial charge in [0, 0.05) is 24.6 Å². The number of carbonyl (C=O) groups excluding carboxylic acids is 1. The van der Waals surface area contributed by atoms with Crippen LogP contribution in [-0.4, -0.2) is 35.5 Å². The summed E-state index contributed by atoms with van der Waals surface area (Å²) in [5.41, 5.74) is 3.44. The summed E-state index contributed by atoms with van der Waals surface area (Å²) in [6, 6.07) is 0.366. The molecular formula is C14H24N6O. The number of amides is 1. The summed E-state index contributed by atoms with van der Waals surface area (Å²) in [6.45, 7) is 6.21. The van der Waals surface area contributed by atoms with Gasteiger partial charge in [-0.25, -0.2) is 15.8 Å². The number of nitrogen functional groups attached to an aromatic ring is 1. The van der Waals surface area contributed by atoms with Gasteiger partial charge in [0.1, 0.15) is 17.5 Å². The van der Waals surface area contributed by atoms with Crippen molar-refractivity contribution in [2.75, 3.05) is 23.9 Å². The van der Waals surface area contributed by atoms with E-state index in [1.54, 1.807) is 0 Å². The van der Waals surface area contributed by atoms with E-state index < -0.39 is 0 Å². The topological polar surface area (TPSA) is 96.2 Å². The first-order chi connectivity index (χ1) is 9.92. The molecule has 1 heterocycles. The highest BCUT2D eigenvalue weighted by atomic mass is 16.2. The van der Waals surface area contributed by atoms with Crippen molar-refractivity contribution in [2.24, 2.45) is 5.84 Å². The molecule has 1 saturated carbocycles. The van der Waals surface area contributed by atoms with E-state index in [0.29, 0.717) is 17.7 Å². The van der Waals surface area contributed by atoms with Crippen LogP contribution in [0.4, 0.5) is 11.6 Å². The Kier molecular flexibility index (Phi) is 4.62. The minimum atomic E-state index is 0.0198. The van der Waals surface area contributed by atoms with Crippen molar-refractivity contribution in [1.82, 2.24) is 15.3 Å². The molecular weight excluding hydrogens is 268 g/mol. The van der Waals surface area contributed by atoms with Crippen molar-refractivity contribution in [3.05, 3.63) is 11.4 Å². The van der Waals surface area contributed by atoms with Crippen molar-refractivity contribution in [3.8, 4) is 0 Å². The highest BCUT2D eigenvalue weighted by Gasteiger charge is 2.24. The first-order valence-electron chi connectivity index (χ1n) is 7.28. The van der Waals surface area contributed by atoms with Gasteiger partial charge in [-0.15, -0.1) is 0 Å². The number of carbonyl (C=O) groups is 1. The number of nitrogens with one attached hydrogen (secondary N) is 2. The lowest BCUT2D eigenvalue weighted by atomic mass is 10.2. The van der Waals surface area contributed by atoms with Crippen molar-refractivity contribution in [1.29, 1.82) is 0 Å². The Hall–Kier alpha value is -1.89. The Morgan fingerprint density at radius 2 is 2.10 bits per heavy atom. The quantitative estimate of drug-likeness (QED) is 0.533. The molecule has 1 aromatic rings. The number of nitrogens with two attached hydrogens (primary N) is 1. The lowest BCUT2D eigenvalue weighted by Crippen LogP contribution is -2.37. The highest BCUT2D eigenvalue weighted by molar-refractivity contribution is 5.82. The van der Waals surface area contributed by atoms with E-state index >= 15 is 0 Å². The minimum absolute atomic E-state index is 0.0198. The molecule has 1 aliphatic carbocycles. The summed E-state index contributed by atoms with van der Waals surface area (Å²) in [4.78, 5) is 22.7. The summed E-state index contributed by atoms with van der Waals surface area (Å²) in [6.07, 6.45) is 2.17. The maximum absolute atomic E-state index is 11.9. The summed E-state index contributed by atoms with van der Waals surface area (Å²) < 4.78 is 0. The first kappa shape index (κ1) is 15.5. The van der Waals surface area contributed by atoms with Gasteiger partial charge in [0.15, 0.2) is 0 Å². The number of hydrazine groups is 1. The molecule has 0 aliphatic heterocycles. The van der Waals surface area contributed by atoms with E-state index in [9.17, 15) is 4.79 Å². The second-order valence-electron chi connectivity index (χ2n) is 5.88. The summed E-state index contributed by atoms with van der Waals surface area (Å²) in [7, 11) is 1.85. The van der Waals surface area contributed by atoms with E-state index in [-0.39, 0.29) is 18.4 Å². The molecule has 0 bridgehead atoms. The van der Waals surface area contributed by atoms with Crippen molar-refractivity contribution < 1.29 is 4.79 Å². The van der Waals surface area contributed by atoms with Crippen LogP contribution in [0.3, 0.4) is 0 Å². The number of anilines is 2. The summed E-state index contributed by atoms with van der Waals surface area (Å²) >= 11 is 0. The van der Waals surface area contributed by atoms with Gasteiger partial charge >= 0.3 is 0 Å². The van der Waals surface area contributed by atoms with Gasteiger partial charge in [0.05, 0.1) is 6.54 Å². The van der Waals surface area contributed by atoms with Gasteiger partial charge in [-0.1, -0.05) is 13.8 Å². The zero-order chi connectivity index (χ0) is 15.6. The van der Waals surface area contributed by atoms with E-state index in [4.69, 9.17) is 5.84 Å². The Bertz CT molecular complexity index is 526. The number of likely N-dealkylation sites (N-methyl/N-ethyl adjacent to an activating group) is 1. The number of nitrogens with zero attached hydrogens (tertiary/aromatic N) is 3. The summed E-state index contributed by atoms with van der Waals surface area (Å²) in [5.74, 6) is 7.76. The Morgan fingerprint density at radius 3 is 2.62 bits per heavy atom. The van der Waals surface area contributed by atoms with Crippen LogP contribution in [-0.2, 0) is 4.79 Å². The number of hydrogen-bond acceptors (Lipinski definition) is 6. The van der Waals surface area contributed by atoms with Crippen LogP contribution in [0.2, 0.25) is 0 Å². The fourth-order valence-corrected chi connectivity index (χ4v) is 2.08. The van der Waals surface area contributed by atoms with Crippen LogP contribution in [0.25, 0.3) is 0 Å².